The van der Waals surface area contributed by atoms with Gasteiger partial charge in [-0.05, 0) is 24.6 Å². The summed E-state index contributed by atoms with van der Waals surface area (Å²) in [6.45, 7) is 1.93. The summed E-state index contributed by atoms with van der Waals surface area (Å²) in [5.74, 6) is 0. The Labute approximate surface area is 82.3 Å². The number of fused-ring (bicyclic) bond motifs is 1. The number of rotatable bonds is 2. The van der Waals surface area contributed by atoms with Crippen molar-refractivity contribution in [3.63, 3.8) is 0 Å². The molecule has 0 bridgehead atoms. The number of para-hydroxylation sites is 1. The molecule has 14 heavy (non-hydrogen) atoms. The van der Waals surface area contributed by atoms with E-state index in [-0.39, 0.29) is 0 Å². The van der Waals surface area contributed by atoms with Crippen molar-refractivity contribution in [1.29, 1.82) is 0 Å². The lowest BCUT2D eigenvalue weighted by atomic mass is 10.1. The zero-order valence-electron chi connectivity index (χ0n) is 7.95. The zero-order chi connectivity index (χ0) is 9.97. The van der Waals surface area contributed by atoms with Crippen molar-refractivity contribution in [2.45, 2.75) is 6.92 Å². The van der Waals surface area contributed by atoms with Crippen LogP contribution in [0.1, 0.15) is 12.5 Å². The van der Waals surface area contributed by atoms with Gasteiger partial charge in [0.25, 0.3) is 0 Å². The van der Waals surface area contributed by atoms with Gasteiger partial charge in [-0.1, -0.05) is 18.2 Å². The van der Waals surface area contributed by atoms with Crippen LogP contribution in [-0.4, -0.2) is 11.3 Å². The van der Waals surface area contributed by atoms with Crippen LogP contribution in [0.2, 0.25) is 0 Å². The normalized spacial score (nSPS) is 11.9. The second-order valence-electron chi connectivity index (χ2n) is 3.23. The lowest BCUT2D eigenvalue weighted by Gasteiger charge is -1.96. The van der Waals surface area contributed by atoms with Crippen molar-refractivity contribution in [3.8, 4) is 0 Å². The van der Waals surface area contributed by atoms with Gasteiger partial charge in [-0.25, -0.2) is 0 Å². The number of aldehydes is 1. The van der Waals surface area contributed by atoms with E-state index in [1.54, 1.807) is 6.08 Å². The molecule has 1 heterocycles. The standard InChI is InChI=1S/C12H11NO/c1-9(6-7-14)11-8-13-12-5-3-2-4-10(11)12/h2-8,13H,1H3/b9-6+. The van der Waals surface area contributed by atoms with Crippen molar-refractivity contribution in [3.05, 3.63) is 42.1 Å². The molecule has 1 N–H and O–H groups in total. The van der Waals surface area contributed by atoms with Crippen LogP contribution in [0.4, 0.5) is 0 Å². The summed E-state index contributed by atoms with van der Waals surface area (Å²) in [5, 5.41) is 1.16. The molecule has 2 nitrogen and oxygen atoms in total. The fourth-order valence-electron chi connectivity index (χ4n) is 1.59. The maximum Gasteiger partial charge on any atom is 0.143 e. The Kier molecular flexibility index (Phi) is 2.19. The minimum Gasteiger partial charge on any atom is -0.361 e. The third kappa shape index (κ3) is 1.35. The number of carbonyl (C=O) groups is 1. The highest BCUT2D eigenvalue weighted by Gasteiger charge is 2.03. The van der Waals surface area contributed by atoms with Gasteiger partial charge in [-0.15, -0.1) is 0 Å². The molecule has 0 radical (unpaired) electrons. The Hall–Kier alpha value is -1.83. The van der Waals surface area contributed by atoms with Crippen molar-refractivity contribution in [1.82, 2.24) is 4.98 Å². The fraction of sp³-hybridized carbons (Fsp3) is 0.0833. The van der Waals surface area contributed by atoms with Gasteiger partial charge in [-0.2, -0.15) is 0 Å². The Morgan fingerprint density at radius 1 is 1.36 bits per heavy atom. The zero-order valence-corrected chi connectivity index (χ0v) is 7.95. The van der Waals surface area contributed by atoms with Gasteiger partial charge >= 0.3 is 0 Å². The molecule has 0 aliphatic heterocycles. The topological polar surface area (TPSA) is 32.9 Å². The van der Waals surface area contributed by atoms with E-state index in [1.165, 1.54) is 0 Å². The molecule has 0 atom stereocenters. The fourth-order valence-corrected chi connectivity index (χ4v) is 1.59. The third-order valence-electron chi connectivity index (χ3n) is 2.33. The van der Waals surface area contributed by atoms with Crippen LogP contribution in [0, 0.1) is 0 Å². The molecule has 0 spiro atoms. The molecule has 1 aromatic heterocycles. The molecule has 0 saturated heterocycles. The second-order valence-corrected chi connectivity index (χ2v) is 3.23. The molecule has 0 unspecified atom stereocenters. The van der Waals surface area contributed by atoms with Gasteiger partial charge in [0.1, 0.15) is 6.29 Å². The monoisotopic (exact) mass is 185 g/mol. The van der Waals surface area contributed by atoms with Crippen LogP contribution in [0.25, 0.3) is 16.5 Å². The summed E-state index contributed by atoms with van der Waals surface area (Å²) < 4.78 is 0. The number of nitrogens with one attached hydrogen (secondary N) is 1. The number of benzene rings is 1. The van der Waals surface area contributed by atoms with Gasteiger partial charge in [0.2, 0.25) is 0 Å². The van der Waals surface area contributed by atoms with Crippen LogP contribution in [0.3, 0.4) is 0 Å². The van der Waals surface area contributed by atoms with E-state index in [4.69, 9.17) is 0 Å². The molecule has 0 saturated carbocycles. The largest absolute Gasteiger partial charge is 0.361 e. The van der Waals surface area contributed by atoms with E-state index >= 15 is 0 Å². The first-order valence-corrected chi connectivity index (χ1v) is 4.51. The first-order chi connectivity index (χ1) is 6.83. The van der Waals surface area contributed by atoms with Gasteiger partial charge in [-0.3, -0.25) is 4.79 Å². The summed E-state index contributed by atoms with van der Waals surface area (Å²) in [6.07, 6.45) is 4.33. The average molecular weight is 185 g/mol. The number of aromatic amines is 1. The second kappa shape index (κ2) is 3.50. The van der Waals surface area contributed by atoms with Gasteiger partial charge in [0.15, 0.2) is 0 Å². The van der Waals surface area contributed by atoms with Crippen LogP contribution < -0.4 is 0 Å². The quantitative estimate of drug-likeness (QED) is 0.566. The lowest BCUT2D eigenvalue weighted by Crippen LogP contribution is -1.76. The molecular weight excluding hydrogens is 174 g/mol. The lowest BCUT2D eigenvalue weighted by molar-refractivity contribution is -0.104. The van der Waals surface area contributed by atoms with Gasteiger partial charge in [0, 0.05) is 22.7 Å². The number of aromatic nitrogens is 1. The SMILES string of the molecule is C/C(=C\C=O)c1c[nH]c2ccccc12. The Morgan fingerprint density at radius 3 is 2.93 bits per heavy atom. The molecule has 2 aromatic rings. The summed E-state index contributed by atoms with van der Waals surface area (Å²) in [6, 6.07) is 8.05. The minimum atomic E-state index is 0.817. The summed E-state index contributed by atoms with van der Waals surface area (Å²) in [4.78, 5) is 13.5. The van der Waals surface area contributed by atoms with Gasteiger partial charge in [0.05, 0.1) is 0 Å². The number of hydrogen-bond donors (Lipinski definition) is 1. The maximum absolute atomic E-state index is 10.4. The maximum atomic E-state index is 10.4. The van der Waals surface area contributed by atoms with Crippen LogP contribution >= 0.6 is 0 Å². The summed E-state index contributed by atoms with van der Waals surface area (Å²) in [7, 11) is 0. The number of hydrogen-bond acceptors (Lipinski definition) is 1. The molecule has 2 heteroatoms. The van der Waals surface area contributed by atoms with Crippen LogP contribution in [0.15, 0.2) is 36.5 Å². The van der Waals surface area contributed by atoms with Crippen LogP contribution in [0.5, 0.6) is 0 Å². The first-order valence-electron chi connectivity index (χ1n) is 4.51. The molecular formula is C12H11NO. The molecule has 1 aromatic carbocycles. The Bertz CT molecular complexity index is 494. The molecule has 0 amide bonds. The predicted molar refractivity (Wildman–Crippen MR) is 58.0 cm³/mol. The number of carbonyl (C=O) groups excluding carboxylic acids is 1. The predicted octanol–water partition coefficient (Wildman–Crippen LogP) is 2.77. The molecule has 0 fully saturated rings. The average Bonchev–Trinajstić information content (AvgIpc) is 2.61. The molecule has 2 rings (SSSR count). The van der Waals surface area contributed by atoms with Crippen LogP contribution in [-0.2, 0) is 4.79 Å². The smallest absolute Gasteiger partial charge is 0.143 e. The highest BCUT2D eigenvalue weighted by atomic mass is 16.1. The first kappa shape index (κ1) is 8.75. The van der Waals surface area contributed by atoms with E-state index in [0.29, 0.717) is 0 Å². The highest BCUT2D eigenvalue weighted by molar-refractivity contribution is 5.94. The third-order valence-corrected chi connectivity index (χ3v) is 2.33. The molecule has 70 valence electrons. The Morgan fingerprint density at radius 2 is 2.14 bits per heavy atom. The summed E-state index contributed by atoms with van der Waals surface area (Å²) >= 11 is 0. The van der Waals surface area contributed by atoms with E-state index in [1.807, 2.05) is 37.4 Å². The molecule has 0 aliphatic carbocycles. The molecule has 0 aliphatic rings. The minimum absolute atomic E-state index is 0.817. The number of allylic oxidation sites excluding steroid dienone is 2. The van der Waals surface area contributed by atoms with Crippen molar-refractivity contribution in [2.24, 2.45) is 0 Å². The summed E-state index contributed by atoms with van der Waals surface area (Å²) in [5.41, 5.74) is 3.17. The van der Waals surface area contributed by atoms with E-state index < -0.39 is 0 Å². The highest BCUT2D eigenvalue weighted by Crippen LogP contribution is 2.23. The number of H-pyrrole nitrogens is 1. The van der Waals surface area contributed by atoms with Crippen molar-refractivity contribution in [2.75, 3.05) is 0 Å². The van der Waals surface area contributed by atoms with E-state index in [9.17, 15) is 4.79 Å². The van der Waals surface area contributed by atoms with Crippen molar-refractivity contribution < 1.29 is 4.79 Å². The van der Waals surface area contributed by atoms with E-state index in [2.05, 4.69) is 4.98 Å². The van der Waals surface area contributed by atoms with E-state index in [0.717, 1.165) is 28.3 Å². The van der Waals surface area contributed by atoms with Gasteiger partial charge < -0.3 is 4.98 Å². The van der Waals surface area contributed by atoms with Crippen molar-refractivity contribution >= 4 is 22.8 Å². The Balaban J connectivity index is 2.64.